The molecule has 1 N–H and O–H groups in total. The van der Waals surface area contributed by atoms with Crippen molar-refractivity contribution in [3.63, 3.8) is 0 Å². The van der Waals surface area contributed by atoms with Crippen LogP contribution in [0.3, 0.4) is 0 Å². The van der Waals surface area contributed by atoms with Gasteiger partial charge < -0.3 is 9.73 Å². The number of carbonyl (C=O) groups excluding carboxylic acids is 1. The van der Waals surface area contributed by atoms with E-state index in [1.54, 1.807) is 24.3 Å². The predicted molar refractivity (Wildman–Crippen MR) is 90.1 cm³/mol. The van der Waals surface area contributed by atoms with Gasteiger partial charge in [-0.2, -0.15) is 5.10 Å². The van der Waals surface area contributed by atoms with Crippen LogP contribution in [0.15, 0.2) is 28.7 Å². The van der Waals surface area contributed by atoms with Crippen LogP contribution in [-0.2, 0) is 13.0 Å². The summed E-state index contributed by atoms with van der Waals surface area (Å²) >= 11 is 5.98. The molecule has 7 heteroatoms. The van der Waals surface area contributed by atoms with Gasteiger partial charge in [0.05, 0.1) is 6.04 Å². The Labute approximate surface area is 143 Å². The Balaban J connectivity index is 1.58. The molecule has 1 aliphatic heterocycles. The molecule has 0 spiro atoms. The molecule has 1 atom stereocenters. The molecule has 4 rings (SSSR count). The van der Waals surface area contributed by atoms with Crippen molar-refractivity contribution in [1.29, 1.82) is 0 Å². The second kappa shape index (κ2) is 5.94. The van der Waals surface area contributed by atoms with Crippen LogP contribution in [-0.4, -0.2) is 20.7 Å². The molecule has 0 saturated carbocycles. The number of halogens is 1. The van der Waals surface area contributed by atoms with E-state index in [1.165, 1.54) is 0 Å². The maximum atomic E-state index is 12.6. The number of rotatable bonds is 3. The summed E-state index contributed by atoms with van der Waals surface area (Å²) in [6.07, 6.45) is 2.59. The second-order valence-electron chi connectivity index (χ2n) is 5.92. The molecule has 24 heavy (non-hydrogen) atoms. The molecule has 124 valence electrons. The highest BCUT2D eigenvalue weighted by Crippen LogP contribution is 2.26. The lowest BCUT2D eigenvalue weighted by molar-refractivity contribution is 0.0901. The van der Waals surface area contributed by atoms with Crippen LogP contribution in [0.1, 0.15) is 48.0 Å². The Morgan fingerprint density at radius 2 is 2.33 bits per heavy atom. The summed E-state index contributed by atoms with van der Waals surface area (Å²) in [4.78, 5) is 17.1. The third-order valence-corrected chi connectivity index (χ3v) is 4.48. The Morgan fingerprint density at radius 1 is 1.46 bits per heavy atom. The van der Waals surface area contributed by atoms with Crippen molar-refractivity contribution in [3.8, 4) is 0 Å². The van der Waals surface area contributed by atoms with Gasteiger partial charge in [0.2, 0.25) is 0 Å². The Kier molecular flexibility index (Phi) is 3.76. The summed E-state index contributed by atoms with van der Waals surface area (Å²) in [5.74, 6) is 1.66. The Morgan fingerprint density at radius 3 is 3.17 bits per heavy atom. The van der Waals surface area contributed by atoms with E-state index in [0.717, 1.165) is 42.8 Å². The number of nitrogens with one attached hydrogen (secondary N) is 1. The van der Waals surface area contributed by atoms with Gasteiger partial charge in [-0.05, 0) is 37.1 Å². The Bertz CT molecular complexity index is 915. The lowest BCUT2D eigenvalue weighted by Crippen LogP contribution is -2.33. The second-order valence-corrected chi connectivity index (χ2v) is 6.36. The van der Waals surface area contributed by atoms with E-state index in [9.17, 15) is 4.79 Å². The molecule has 2 aromatic heterocycles. The number of carbonyl (C=O) groups is 1. The van der Waals surface area contributed by atoms with Crippen LogP contribution >= 0.6 is 11.6 Å². The van der Waals surface area contributed by atoms with Crippen LogP contribution in [0.5, 0.6) is 0 Å². The van der Waals surface area contributed by atoms with Crippen LogP contribution < -0.4 is 5.32 Å². The number of aromatic nitrogens is 3. The van der Waals surface area contributed by atoms with Gasteiger partial charge in [-0.1, -0.05) is 18.5 Å². The van der Waals surface area contributed by atoms with E-state index in [2.05, 4.69) is 15.4 Å². The van der Waals surface area contributed by atoms with E-state index in [4.69, 9.17) is 16.0 Å². The molecule has 3 heterocycles. The molecule has 0 aliphatic carbocycles. The van der Waals surface area contributed by atoms with Gasteiger partial charge in [0.15, 0.2) is 11.6 Å². The highest BCUT2D eigenvalue weighted by Gasteiger charge is 2.26. The van der Waals surface area contributed by atoms with Gasteiger partial charge in [0.1, 0.15) is 11.4 Å². The number of amides is 1. The minimum absolute atomic E-state index is 0.143. The third-order valence-electron chi connectivity index (χ3n) is 4.24. The molecule has 0 radical (unpaired) electrons. The van der Waals surface area contributed by atoms with Crippen molar-refractivity contribution in [2.45, 2.75) is 38.8 Å². The van der Waals surface area contributed by atoms with Gasteiger partial charge in [0, 0.05) is 23.4 Å². The van der Waals surface area contributed by atoms with E-state index in [1.807, 2.05) is 11.6 Å². The first-order valence-corrected chi connectivity index (χ1v) is 8.45. The summed E-state index contributed by atoms with van der Waals surface area (Å²) in [6, 6.07) is 6.85. The molecule has 1 unspecified atom stereocenters. The highest BCUT2D eigenvalue weighted by atomic mass is 35.5. The standard InChI is InChI=1S/C17H17ClN4O2/c1-2-15-20-16-12(4-3-7-22(16)21-15)19-17(23)14-9-10-8-11(18)5-6-13(10)24-14/h5-6,8-9,12H,2-4,7H2,1H3,(H,19,23). The zero-order valence-corrected chi connectivity index (χ0v) is 14.0. The molecular weight excluding hydrogens is 328 g/mol. The molecule has 0 fully saturated rings. The molecule has 1 amide bonds. The Hall–Kier alpha value is -2.34. The van der Waals surface area contributed by atoms with Crippen LogP contribution in [0.4, 0.5) is 0 Å². The summed E-state index contributed by atoms with van der Waals surface area (Å²) in [5.41, 5.74) is 0.643. The van der Waals surface area contributed by atoms with Crippen molar-refractivity contribution >= 4 is 28.5 Å². The molecular formula is C17H17ClN4O2. The average molecular weight is 345 g/mol. The molecule has 1 aliphatic rings. The molecule has 6 nitrogen and oxygen atoms in total. The fraction of sp³-hybridized carbons (Fsp3) is 0.353. The quantitative estimate of drug-likeness (QED) is 0.789. The minimum Gasteiger partial charge on any atom is -0.451 e. The zero-order chi connectivity index (χ0) is 16.7. The van der Waals surface area contributed by atoms with Gasteiger partial charge in [-0.3, -0.25) is 4.79 Å². The largest absolute Gasteiger partial charge is 0.451 e. The van der Waals surface area contributed by atoms with Gasteiger partial charge in [0.25, 0.3) is 5.91 Å². The van der Waals surface area contributed by atoms with Crippen molar-refractivity contribution in [1.82, 2.24) is 20.1 Å². The van der Waals surface area contributed by atoms with Crippen LogP contribution in [0.2, 0.25) is 5.02 Å². The SMILES string of the molecule is CCc1nc2n(n1)CCCC2NC(=O)c1cc2cc(Cl)ccc2o1. The minimum atomic E-state index is -0.248. The summed E-state index contributed by atoms with van der Waals surface area (Å²) < 4.78 is 7.52. The maximum absolute atomic E-state index is 12.6. The topological polar surface area (TPSA) is 73.0 Å². The van der Waals surface area contributed by atoms with Crippen LogP contribution in [0.25, 0.3) is 11.0 Å². The summed E-state index contributed by atoms with van der Waals surface area (Å²) in [5, 5.41) is 8.90. The smallest absolute Gasteiger partial charge is 0.287 e. The fourth-order valence-electron chi connectivity index (χ4n) is 3.04. The normalized spacial score (nSPS) is 17.0. The predicted octanol–water partition coefficient (Wildman–Crippen LogP) is 3.51. The molecule has 1 aromatic carbocycles. The number of benzene rings is 1. The number of fused-ring (bicyclic) bond motifs is 2. The number of hydrogen-bond donors (Lipinski definition) is 1. The summed E-state index contributed by atoms with van der Waals surface area (Å²) in [7, 11) is 0. The highest BCUT2D eigenvalue weighted by molar-refractivity contribution is 6.31. The monoisotopic (exact) mass is 344 g/mol. The lowest BCUT2D eigenvalue weighted by atomic mass is 10.1. The van der Waals surface area contributed by atoms with E-state index >= 15 is 0 Å². The number of hydrogen-bond acceptors (Lipinski definition) is 4. The first-order chi connectivity index (χ1) is 11.6. The number of nitrogens with zero attached hydrogens (tertiary/aromatic N) is 3. The van der Waals surface area contributed by atoms with E-state index in [-0.39, 0.29) is 17.7 Å². The van der Waals surface area contributed by atoms with Gasteiger partial charge in [-0.25, -0.2) is 9.67 Å². The van der Waals surface area contributed by atoms with Crippen molar-refractivity contribution in [2.75, 3.05) is 0 Å². The molecule has 0 saturated heterocycles. The maximum Gasteiger partial charge on any atom is 0.287 e. The first kappa shape index (κ1) is 15.2. The first-order valence-electron chi connectivity index (χ1n) is 8.07. The van der Waals surface area contributed by atoms with Crippen LogP contribution in [0, 0.1) is 0 Å². The number of aryl methyl sites for hydroxylation is 2. The third kappa shape index (κ3) is 2.67. The molecule has 0 bridgehead atoms. The van der Waals surface area contributed by atoms with Crippen molar-refractivity contribution in [2.24, 2.45) is 0 Å². The van der Waals surface area contributed by atoms with Crippen molar-refractivity contribution < 1.29 is 9.21 Å². The average Bonchev–Trinajstić information content (AvgIpc) is 3.18. The zero-order valence-electron chi connectivity index (χ0n) is 13.3. The van der Waals surface area contributed by atoms with Gasteiger partial charge >= 0.3 is 0 Å². The van der Waals surface area contributed by atoms with Gasteiger partial charge in [-0.15, -0.1) is 0 Å². The number of furan rings is 1. The molecule has 3 aromatic rings. The van der Waals surface area contributed by atoms with Crippen molar-refractivity contribution in [3.05, 3.63) is 46.7 Å². The fourth-order valence-corrected chi connectivity index (χ4v) is 3.22. The van der Waals surface area contributed by atoms with E-state index < -0.39 is 0 Å². The summed E-state index contributed by atoms with van der Waals surface area (Å²) in [6.45, 7) is 2.87. The lowest BCUT2D eigenvalue weighted by Gasteiger charge is -2.22. The van der Waals surface area contributed by atoms with E-state index in [0.29, 0.717) is 10.6 Å².